The first-order valence-corrected chi connectivity index (χ1v) is 3.34. The minimum absolute atomic E-state index is 0.296. The van der Waals surface area contributed by atoms with Gasteiger partial charge in [0.05, 0.1) is 11.8 Å². The SMILES string of the molecule is CN(C)C.NC(=O)c1cnoc1. The Balaban J connectivity index is 0.000000261. The van der Waals surface area contributed by atoms with E-state index in [1.807, 2.05) is 26.0 Å². The predicted molar refractivity (Wildman–Crippen MR) is 44.6 cm³/mol. The molecule has 0 fully saturated rings. The summed E-state index contributed by atoms with van der Waals surface area (Å²) < 4.78 is 4.32. The summed E-state index contributed by atoms with van der Waals surface area (Å²) in [6.07, 6.45) is 2.46. The average molecular weight is 171 g/mol. The maximum atomic E-state index is 10.2. The minimum Gasteiger partial charge on any atom is -0.365 e. The zero-order valence-corrected chi connectivity index (χ0v) is 7.44. The second-order valence-corrected chi connectivity index (χ2v) is 2.62. The Hall–Kier alpha value is -1.36. The second kappa shape index (κ2) is 5.31. The lowest BCUT2D eigenvalue weighted by Gasteiger charge is -1.90. The average Bonchev–Trinajstić information content (AvgIpc) is 2.34. The molecule has 1 aromatic heterocycles. The highest BCUT2D eigenvalue weighted by Gasteiger charge is 1.99. The zero-order valence-electron chi connectivity index (χ0n) is 7.44. The molecule has 0 unspecified atom stereocenters. The molecule has 0 bridgehead atoms. The summed E-state index contributed by atoms with van der Waals surface area (Å²) in [5.74, 6) is -0.522. The third kappa shape index (κ3) is 5.43. The molecule has 1 rings (SSSR count). The molecule has 0 aliphatic rings. The number of hydrogen-bond donors (Lipinski definition) is 1. The highest BCUT2D eigenvalue weighted by Crippen LogP contribution is 1.91. The van der Waals surface area contributed by atoms with Gasteiger partial charge < -0.3 is 15.2 Å². The van der Waals surface area contributed by atoms with Crippen LogP contribution in [0.5, 0.6) is 0 Å². The predicted octanol–water partition coefficient (Wildman–Crippen LogP) is -0.0487. The van der Waals surface area contributed by atoms with Crippen molar-refractivity contribution in [2.24, 2.45) is 5.73 Å². The fourth-order valence-electron chi connectivity index (χ4n) is 0.327. The molecule has 1 heterocycles. The van der Waals surface area contributed by atoms with Crippen LogP contribution >= 0.6 is 0 Å². The Morgan fingerprint density at radius 1 is 1.58 bits per heavy atom. The molecule has 2 N–H and O–H groups in total. The lowest BCUT2D eigenvalue weighted by Crippen LogP contribution is -2.08. The Morgan fingerprint density at radius 3 is 2.25 bits per heavy atom. The van der Waals surface area contributed by atoms with Crippen molar-refractivity contribution in [1.82, 2.24) is 10.1 Å². The van der Waals surface area contributed by atoms with E-state index in [-0.39, 0.29) is 0 Å². The molecule has 1 amide bonds. The van der Waals surface area contributed by atoms with E-state index < -0.39 is 5.91 Å². The van der Waals surface area contributed by atoms with Crippen LogP contribution in [0.25, 0.3) is 0 Å². The maximum absolute atomic E-state index is 10.2. The number of carbonyl (C=O) groups excluding carboxylic acids is 1. The smallest absolute Gasteiger partial charge is 0.253 e. The van der Waals surface area contributed by atoms with Gasteiger partial charge in [-0.3, -0.25) is 4.79 Å². The fourth-order valence-corrected chi connectivity index (χ4v) is 0.327. The van der Waals surface area contributed by atoms with Gasteiger partial charge in [0.25, 0.3) is 5.91 Å². The Bertz CT molecular complexity index is 216. The molecule has 5 heteroatoms. The third-order valence-corrected chi connectivity index (χ3v) is 0.717. The number of carbonyl (C=O) groups is 1. The van der Waals surface area contributed by atoms with Gasteiger partial charge in [0, 0.05) is 0 Å². The molecule has 0 aliphatic carbocycles. The van der Waals surface area contributed by atoms with Gasteiger partial charge in [-0.15, -0.1) is 0 Å². The van der Waals surface area contributed by atoms with Crippen LogP contribution in [0.2, 0.25) is 0 Å². The van der Waals surface area contributed by atoms with Gasteiger partial charge in [-0.1, -0.05) is 5.16 Å². The van der Waals surface area contributed by atoms with E-state index in [0.29, 0.717) is 5.56 Å². The van der Waals surface area contributed by atoms with E-state index in [9.17, 15) is 4.79 Å². The number of primary amides is 1. The van der Waals surface area contributed by atoms with Gasteiger partial charge in [-0.25, -0.2) is 0 Å². The van der Waals surface area contributed by atoms with Crippen molar-refractivity contribution in [2.45, 2.75) is 0 Å². The van der Waals surface area contributed by atoms with Crippen LogP contribution < -0.4 is 5.73 Å². The Morgan fingerprint density at radius 2 is 2.08 bits per heavy atom. The van der Waals surface area contributed by atoms with Gasteiger partial charge in [0.2, 0.25) is 0 Å². The largest absolute Gasteiger partial charge is 0.365 e. The number of nitrogens with two attached hydrogens (primary N) is 1. The van der Waals surface area contributed by atoms with Crippen molar-refractivity contribution in [1.29, 1.82) is 0 Å². The summed E-state index contributed by atoms with van der Waals surface area (Å²) in [6.45, 7) is 0. The maximum Gasteiger partial charge on any atom is 0.253 e. The van der Waals surface area contributed by atoms with E-state index >= 15 is 0 Å². The summed E-state index contributed by atoms with van der Waals surface area (Å²) in [4.78, 5) is 12.2. The van der Waals surface area contributed by atoms with Crippen molar-refractivity contribution in [3.05, 3.63) is 18.0 Å². The summed E-state index contributed by atoms with van der Waals surface area (Å²) in [5, 5.41) is 3.27. The van der Waals surface area contributed by atoms with Crippen LogP contribution in [0.15, 0.2) is 17.0 Å². The first-order chi connectivity index (χ1) is 5.54. The van der Waals surface area contributed by atoms with Crippen LogP contribution in [0.3, 0.4) is 0 Å². The Kier molecular flexibility index (Phi) is 4.71. The molecule has 0 atom stereocenters. The molecule has 0 aromatic carbocycles. The van der Waals surface area contributed by atoms with Gasteiger partial charge in [0.15, 0.2) is 0 Å². The van der Waals surface area contributed by atoms with Crippen LogP contribution in [0.4, 0.5) is 0 Å². The fraction of sp³-hybridized carbons (Fsp3) is 0.429. The Labute approximate surface area is 71.1 Å². The van der Waals surface area contributed by atoms with Crippen LogP contribution in [0, 0.1) is 0 Å². The minimum atomic E-state index is -0.522. The molecular weight excluding hydrogens is 158 g/mol. The van der Waals surface area contributed by atoms with Gasteiger partial charge in [-0.05, 0) is 21.1 Å². The van der Waals surface area contributed by atoms with Crippen LogP contribution in [-0.2, 0) is 0 Å². The van der Waals surface area contributed by atoms with Crippen molar-refractivity contribution in [3.8, 4) is 0 Å². The van der Waals surface area contributed by atoms with Crippen molar-refractivity contribution in [3.63, 3.8) is 0 Å². The zero-order chi connectivity index (χ0) is 9.56. The van der Waals surface area contributed by atoms with Gasteiger partial charge >= 0.3 is 0 Å². The van der Waals surface area contributed by atoms with Crippen LogP contribution in [-0.4, -0.2) is 37.1 Å². The highest BCUT2D eigenvalue weighted by atomic mass is 16.5. The highest BCUT2D eigenvalue weighted by molar-refractivity contribution is 5.91. The second-order valence-electron chi connectivity index (χ2n) is 2.62. The molecule has 0 saturated heterocycles. The number of amides is 1. The first-order valence-electron chi connectivity index (χ1n) is 3.34. The summed E-state index contributed by atoms with van der Waals surface area (Å²) in [5.41, 5.74) is 5.12. The van der Waals surface area contributed by atoms with Crippen molar-refractivity contribution in [2.75, 3.05) is 21.1 Å². The summed E-state index contributed by atoms with van der Waals surface area (Å²) >= 11 is 0. The molecule has 0 radical (unpaired) electrons. The lowest BCUT2D eigenvalue weighted by molar-refractivity contribution is 0.0999. The van der Waals surface area contributed by atoms with E-state index in [4.69, 9.17) is 5.73 Å². The first kappa shape index (κ1) is 10.6. The normalized spacial score (nSPS) is 9.00. The summed E-state index contributed by atoms with van der Waals surface area (Å²) in [6, 6.07) is 0. The van der Waals surface area contributed by atoms with E-state index in [0.717, 1.165) is 0 Å². The monoisotopic (exact) mass is 171 g/mol. The lowest BCUT2D eigenvalue weighted by atomic mass is 10.4. The standard InChI is InChI=1S/C4H4N2O2.C3H9N/c5-4(7)3-1-6-8-2-3;1-4(2)3/h1-2H,(H2,5,7);1-3H3. The number of rotatable bonds is 1. The number of aromatic nitrogens is 1. The van der Waals surface area contributed by atoms with E-state index in [2.05, 4.69) is 9.68 Å². The molecule has 0 spiro atoms. The number of hydrogen-bond acceptors (Lipinski definition) is 4. The molecule has 12 heavy (non-hydrogen) atoms. The molecular formula is C7H13N3O2. The molecule has 68 valence electrons. The van der Waals surface area contributed by atoms with Crippen molar-refractivity contribution >= 4 is 5.91 Å². The van der Waals surface area contributed by atoms with Gasteiger partial charge in [-0.2, -0.15) is 0 Å². The molecule has 5 nitrogen and oxygen atoms in total. The van der Waals surface area contributed by atoms with Gasteiger partial charge in [0.1, 0.15) is 6.26 Å². The van der Waals surface area contributed by atoms with E-state index in [1.54, 1.807) is 0 Å². The van der Waals surface area contributed by atoms with Crippen molar-refractivity contribution < 1.29 is 9.32 Å². The quantitative estimate of drug-likeness (QED) is 0.643. The topological polar surface area (TPSA) is 72.4 Å². The molecule has 1 aromatic rings. The van der Waals surface area contributed by atoms with E-state index in [1.165, 1.54) is 12.5 Å². The molecule has 0 aliphatic heterocycles. The third-order valence-electron chi connectivity index (χ3n) is 0.717. The summed E-state index contributed by atoms with van der Waals surface area (Å²) in [7, 11) is 6.00. The van der Waals surface area contributed by atoms with Crippen LogP contribution in [0.1, 0.15) is 10.4 Å². The molecule has 0 saturated carbocycles. The number of nitrogens with zero attached hydrogens (tertiary/aromatic N) is 2.